The molecule has 0 radical (unpaired) electrons. The van der Waals surface area contributed by atoms with Crippen molar-refractivity contribution in [3.05, 3.63) is 0 Å². The Labute approximate surface area is 196 Å². The summed E-state index contributed by atoms with van der Waals surface area (Å²) < 4.78 is 328. The Kier molecular flexibility index (Phi) is 8.52. The van der Waals surface area contributed by atoms with Crippen molar-refractivity contribution in [1.29, 1.82) is 0 Å². The van der Waals surface area contributed by atoms with E-state index in [1.807, 2.05) is 0 Å². The van der Waals surface area contributed by atoms with Gasteiger partial charge in [0.2, 0.25) is 0 Å². The van der Waals surface area contributed by atoms with Crippen LogP contribution < -0.4 is 0 Å². The maximum Gasteiger partial charge on any atom is 0.438 e. The molecular formula is C10F22O5S2. The van der Waals surface area contributed by atoms with E-state index in [0.717, 1.165) is 0 Å². The van der Waals surface area contributed by atoms with Gasteiger partial charge in [-0.15, -0.1) is 3.63 Å². The van der Waals surface area contributed by atoms with Crippen molar-refractivity contribution in [2.45, 2.75) is 58.4 Å². The third kappa shape index (κ3) is 4.81. The van der Waals surface area contributed by atoms with E-state index < -0.39 is 78.6 Å². The molecule has 0 aliphatic carbocycles. The summed E-state index contributed by atoms with van der Waals surface area (Å²) in [6.07, 6.45) is -33.6. The Morgan fingerprint density at radius 2 is 0.487 bits per heavy atom. The van der Waals surface area contributed by atoms with Crippen molar-refractivity contribution in [2.75, 3.05) is 0 Å². The van der Waals surface area contributed by atoms with Crippen LogP contribution in [0.25, 0.3) is 0 Å². The number of halogens is 22. The molecule has 0 heterocycles. The fraction of sp³-hybridized carbons (Fsp3) is 1.00. The molecule has 0 aromatic heterocycles. The quantitative estimate of drug-likeness (QED) is 0.304. The van der Waals surface area contributed by atoms with E-state index in [-0.39, 0.29) is 0 Å². The SMILES string of the molecule is O=S(=O)(OS(=O)(=O)C(F)(F)C(F)(F)C(F)(C(F)(F)F)C(F)(F)F)C(F)(F)C(F)(F)C(F)(C(F)(F)F)C(F)(F)F. The first-order valence-corrected chi connectivity index (χ1v) is 10.4. The van der Waals surface area contributed by atoms with Crippen LogP contribution in [0.1, 0.15) is 0 Å². The first-order chi connectivity index (χ1) is 16.2. The van der Waals surface area contributed by atoms with E-state index in [0.29, 0.717) is 0 Å². The highest BCUT2D eigenvalue weighted by Gasteiger charge is 2.95. The van der Waals surface area contributed by atoms with Crippen LogP contribution in [0.15, 0.2) is 0 Å². The molecule has 0 amide bonds. The van der Waals surface area contributed by atoms with Crippen LogP contribution in [0, 0.1) is 0 Å². The minimum atomic E-state index is -9.45. The minimum absolute atomic E-state index is 1.25. The summed E-state index contributed by atoms with van der Waals surface area (Å²) in [6, 6.07) is 0. The Bertz CT molecular complexity index is 1020. The normalized spacial score (nSPS) is 17.0. The average Bonchev–Trinajstić information content (AvgIpc) is 2.61. The van der Waals surface area contributed by atoms with Crippen molar-refractivity contribution in [2.24, 2.45) is 0 Å². The lowest BCUT2D eigenvalue weighted by Gasteiger charge is -2.39. The van der Waals surface area contributed by atoms with Crippen molar-refractivity contribution in [3.8, 4) is 0 Å². The molecule has 0 rings (SSSR count). The van der Waals surface area contributed by atoms with Crippen LogP contribution in [0.4, 0.5) is 96.6 Å². The Morgan fingerprint density at radius 1 is 0.333 bits per heavy atom. The Hall–Kier alpha value is -1.68. The number of hydrogen-bond acceptors (Lipinski definition) is 5. The fourth-order valence-corrected chi connectivity index (χ4v) is 4.49. The molecule has 0 N–H and O–H groups in total. The van der Waals surface area contributed by atoms with Crippen LogP contribution in [0.2, 0.25) is 0 Å². The predicted octanol–water partition coefficient (Wildman–Crippen LogP) is 5.78. The fourth-order valence-electron chi connectivity index (χ4n) is 1.95. The molecule has 0 aliphatic rings. The molecular weight excluding hydrogens is 682 g/mol. The lowest BCUT2D eigenvalue weighted by molar-refractivity contribution is -0.416. The predicted molar refractivity (Wildman–Crippen MR) is 70.6 cm³/mol. The Morgan fingerprint density at radius 3 is 0.615 bits per heavy atom. The Balaban J connectivity index is 7.29. The average molecular weight is 682 g/mol. The smallest absolute Gasteiger partial charge is 0.216 e. The molecule has 0 aliphatic heterocycles. The van der Waals surface area contributed by atoms with Gasteiger partial charge in [-0.05, 0) is 0 Å². The number of alkyl halides is 22. The van der Waals surface area contributed by atoms with Crippen molar-refractivity contribution < 1.29 is 117 Å². The first kappa shape index (κ1) is 37.3. The highest BCUT2D eigenvalue weighted by Crippen LogP contribution is 2.62. The van der Waals surface area contributed by atoms with Gasteiger partial charge in [-0.3, -0.25) is 0 Å². The maximum absolute atomic E-state index is 13.5. The summed E-state index contributed by atoms with van der Waals surface area (Å²) in [6.45, 7) is 0. The summed E-state index contributed by atoms with van der Waals surface area (Å²) in [7, 11) is -18.9. The van der Waals surface area contributed by atoms with Gasteiger partial charge in [-0.25, -0.2) is 8.78 Å². The van der Waals surface area contributed by atoms with Crippen LogP contribution >= 0.6 is 0 Å². The van der Waals surface area contributed by atoms with Crippen molar-refractivity contribution in [3.63, 3.8) is 0 Å². The third-order valence-corrected chi connectivity index (χ3v) is 7.17. The molecule has 0 saturated heterocycles. The van der Waals surface area contributed by atoms with Gasteiger partial charge in [0.05, 0.1) is 0 Å². The van der Waals surface area contributed by atoms with E-state index in [4.69, 9.17) is 0 Å². The summed E-state index contributed by atoms with van der Waals surface area (Å²) in [4.78, 5) is 0. The molecule has 39 heavy (non-hydrogen) atoms. The van der Waals surface area contributed by atoms with E-state index >= 15 is 0 Å². The van der Waals surface area contributed by atoms with E-state index in [9.17, 15) is 113 Å². The summed E-state index contributed by atoms with van der Waals surface area (Å²) >= 11 is 0. The van der Waals surface area contributed by atoms with Crippen LogP contribution in [0.5, 0.6) is 0 Å². The lowest BCUT2D eigenvalue weighted by atomic mass is 9.96. The molecule has 0 fully saturated rings. The zero-order chi connectivity index (χ0) is 32.7. The third-order valence-electron chi connectivity index (χ3n) is 3.97. The first-order valence-electron chi connectivity index (χ1n) is 7.57. The molecule has 0 bridgehead atoms. The maximum atomic E-state index is 13.5. The second-order valence-electron chi connectivity index (χ2n) is 6.47. The lowest BCUT2D eigenvalue weighted by Crippen LogP contribution is -2.72. The highest BCUT2D eigenvalue weighted by molar-refractivity contribution is 8.00. The van der Waals surface area contributed by atoms with Crippen LogP contribution in [-0.4, -0.2) is 75.2 Å². The zero-order valence-corrected chi connectivity index (χ0v) is 17.8. The van der Waals surface area contributed by atoms with Gasteiger partial charge in [0.25, 0.3) is 0 Å². The second-order valence-corrected chi connectivity index (χ2v) is 9.85. The molecule has 236 valence electrons. The molecule has 0 saturated carbocycles. The summed E-state index contributed by atoms with van der Waals surface area (Å²) in [5, 5.41) is -17.6. The molecule has 0 atom stereocenters. The molecule has 0 aromatic rings. The van der Waals surface area contributed by atoms with E-state index in [2.05, 4.69) is 0 Å². The molecule has 0 spiro atoms. The van der Waals surface area contributed by atoms with E-state index in [1.54, 1.807) is 0 Å². The largest absolute Gasteiger partial charge is 0.438 e. The van der Waals surface area contributed by atoms with Gasteiger partial charge < -0.3 is 0 Å². The monoisotopic (exact) mass is 682 g/mol. The molecule has 0 unspecified atom stereocenters. The van der Waals surface area contributed by atoms with Gasteiger partial charge in [-0.1, -0.05) is 0 Å². The van der Waals surface area contributed by atoms with Gasteiger partial charge in [0.15, 0.2) is 0 Å². The minimum Gasteiger partial charge on any atom is -0.216 e. The second kappa shape index (κ2) is 8.91. The molecule has 0 aromatic carbocycles. The number of rotatable bonds is 8. The van der Waals surface area contributed by atoms with Crippen LogP contribution in [0.3, 0.4) is 0 Å². The van der Waals surface area contributed by atoms with E-state index in [1.165, 1.54) is 3.63 Å². The molecule has 29 heteroatoms. The highest BCUT2D eigenvalue weighted by atomic mass is 32.3. The summed E-state index contributed by atoms with van der Waals surface area (Å²) in [5.41, 5.74) is -17.6. The standard InChI is InChI=1S/C10F22O5S2/c11-1(5(17,18)19,6(20,21)22)3(13,14)9(29,30)38(33,34)37-39(35,36)10(31,32)4(15,16)2(12,7(23,24)25)8(26,27)28. The zero-order valence-electron chi connectivity index (χ0n) is 16.2. The van der Waals surface area contributed by atoms with Crippen LogP contribution in [-0.2, 0) is 23.9 Å². The van der Waals surface area contributed by atoms with Crippen molar-refractivity contribution >= 4 is 20.2 Å². The van der Waals surface area contributed by atoms with Gasteiger partial charge in [-0.2, -0.15) is 105 Å². The van der Waals surface area contributed by atoms with Crippen molar-refractivity contribution in [1.82, 2.24) is 0 Å². The van der Waals surface area contributed by atoms with Gasteiger partial charge >= 0.3 is 78.6 Å². The van der Waals surface area contributed by atoms with Gasteiger partial charge in [0, 0.05) is 0 Å². The molecule has 5 nitrogen and oxygen atoms in total. The van der Waals surface area contributed by atoms with Gasteiger partial charge in [0.1, 0.15) is 0 Å². The number of hydrogen-bond donors (Lipinski definition) is 0. The topological polar surface area (TPSA) is 77.5 Å². The summed E-state index contributed by atoms with van der Waals surface area (Å²) in [5.74, 6) is -18.0.